The van der Waals surface area contributed by atoms with Crippen molar-refractivity contribution >= 4 is 17.7 Å². The van der Waals surface area contributed by atoms with Gasteiger partial charge in [0, 0.05) is 0 Å². The second-order valence-corrected chi connectivity index (χ2v) is 5.27. The molecule has 14 heavy (non-hydrogen) atoms. The van der Waals surface area contributed by atoms with Gasteiger partial charge in [0.15, 0.2) is 0 Å². The number of fused-ring (bicyclic) bond motifs is 1. The van der Waals surface area contributed by atoms with Crippen molar-refractivity contribution in [2.75, 3.05) is 0 Å². The van der Waals surface area contributed by atoms with Crippen LogP contribution in [0.2, 0.25) is 0 Å². The minimum atomic E-state index is 0.412. The van der Waals surface area contributed by atoms with Gasteiger partial charge in [-0.25, -0.2) is 0 Å². The van der Waals surface area contributed by atoms with Crippen LogP contribution in [0.1, 0.15) is 41.7 Å². The number of nitrogens with zero attached hydrogens (tertiary/aromatic N) is 1. The van der Waals surface area contributed by atoms with E-state index in [1.165, 1.54) is 29.7 Å². The van der Waals surface area contributed by atoms with Crippen LogP contribution >= 0.6 is 0 Å². The summed E-state index contributed by atoms with van der Waals surface area (Å²) in [6.07, 6.45) is 4.48. The van der Waals surface area contributed by atoms with Crippen LogP contribution in [0.5, 0.6) is 0 Å². The van der Waals surface area contributed by atoms with Crippen molar-refractivity contribution in [1.82, 2.24) is 4.98 Å². The van der Waals surface area contributed by atoms with E-state index in [9.17, 15) is 0 Å². The number of hydrogen-bond donors (Lipinski definition) is 0. The van der Waals surface area contributed by atoms with Gasteiger partial charge >= 0.3 is 95.4 Å². The van der Waals surface area contributed by atoms with Gasteiger partial charge in [0.2, 0.25) is 0 Å². The van der Waals surface area contributed by atoms with Crippen LogP contribution in [0.15, 0.2) is 12.3 Å². The molecule has 70 valence electrons. The molecule has 0 N–H and O–H groups in total. The summed E-state index contributed by atoms with van der Waals surface area (Å²) < 4.78 is 0.590. The van der Waals surface area contributed by atoms with Crippen molar-refractivity contribution in [3.63, 3.8) is 0 Å². The SMILES string of the molecule is [Li][CH]1c2ncc(C)cc2CCC1(C)C. The molecule has 0 aromatic carbocycles. The first-order valence-electron chi connectivity index (χ1n) is 5.46. The first-order valence-corrected chi connectivity index (χ1v) is 5.46. The van der Waals surface area contributed by atoms with Gasteiger partial charge in [-0.1, -0.05) is 0 Å². The van der Waals surface area contributed by atoms with Gasteiger partial charge in [-0.3, -0.25) is 0 Å². The Hall–Kier alpha value is -0.253. The molecule has 0 saturated heterocycles. The molecule has 1 aromatic heterocycles. The Balaban J connectivity index is 2.46. The molecule has 1 aliphatic rings. The van der Waals surface area contributed by atoms with Crippen molar-refractivity contribution < 1.29 is 0 Å². The van der Waals surface area contributed by atoms with Gasteiger partial charge in [-0.05, 0) is 0 Å². The second-order valence-electron chi connectivity index (χ2n) is 5.27. The van der Waals surface area contributed by atoms with Crippen LogP contribution in [-0.4, -0.2) is 22.7 Å². The molecule has 0 fully saturated rings. The molecule has 1 heterocycles. The Morgan fingerprint density at radius 3 is 2.93 bits per heavy atom. The van der Waals surface area contributed by atoms with Gasteiger partial charge < -0.3 is 0 Å². The van der Waals surface area contributed by atoms with E-state index in [1.54, 1.807) is 0 Å². The van der Waals surface area contributed by atoms with E-state index < -0.39 is 0 Å². The molecular formula is C12H16LiN. The standard InChI is InChI=1S/C12H16N.Li/c1-9-6-10-4-5-12(2,3)7-11(10)13-8-9;/h6-8H,4-5H2,1-3H3;. The van der Waals surface area contributed by atoms with Gasteiger partial charge in [0.05, 0.1) is 0 Å². The third kappa shape index (κ3) is 1.64. The Labute approximate surface area is 95.5 Å². The molecule has 0 aliphatic heterocycles. The van der Waals surface area contributed by atoms with E-state index in [1.807, 2.05) is 6.20 Å². The summed E-state index contributed by atoms with van der Waals surface area (Å²) in [7, 11) is 0. The van der Waals surface area contributed by atoms with E-state index in [0.717, 1.165) is 0 Å². The molecule has 0 radical (unpaired) electrons. The Bertz CT molecular complexity index is 357. The molecule has 1 aromatic rings. The molecular weight excluding hydrogens is 165 g/mol. The summed E-state index contributed by atoms with van der Waals surface area (Å²) in [5.41, 5.74) is 4.49. The van der Waals surface area contributed by atoms with Crippen molar-refractivity contribution in [2.45, 2.75) is 38.2 Å². The van der Waals surface area contributed by atoms with Crippen LogP contribution < -0.4 is 0 Å². The van der Waals surface area contributed by atoms with Gasteiger partial charge in [-0.2, -0.15) is 0 Å². The van der Waals surface area contributed by atoms with E-state index in [2.05, 4.69) is 49.5 Å². The molecule has 1 unspecified atom stereocenters. The zero-order valence-electron chi connectivity index (χ0n) is 9.59. The monoisotopic (exact) mass is 181 g/mol. The van der Waals surface area contributed by atoms with Crippen LogP contribution in [0.4, 0.5) is 0 Å². The van der Waals surface area contributed by atoms with E-state index in [0.29, 0.717) is 10.0 Å². The number of pyridine rings is 1. The quantitative estimate of drug-likeness (QED) is 0.560. The van der Waals surface area contributed by atoms with Crippen LogP contribution in [0.3, 0.4) is 0 Å². The fourth-order valence-electron chi connectivity index (χ4n) is 2.27. The van der Waals surface area contributed by atoms with E-state index in [4.69, 9.17) is 0 Å². The summed E-state index contributed by atoms with van der Waals surface area (Å²) in [5.74, 6) is 0. The number of hydrogen-bond acceptors (Lipinski definition) is 1. The molecule has 1 aliphatic carbocycles. The summed E-state index contributed by atoms with van der Waals surface area (Å²) in [6.45, 7) is 6.82. The molecule has 0 amide bonds. The first-order chi connectivity index (χ1) is 6.50. The maximum absolute atomic E-state index is 4.60. The molecule has 0 bridgehead atoms. The van der Waals surface area contributed by atoms with Crippen molar-refractivity contribution in [1.29, 1.82) is 0 Å². The predicted octanol–water partition coefficient (Wildman–Crippen LogP) is 2.57. The maximum atomic E-state index is 4.60. The van der Waals surface area contributed by atoms with Crippen LogP contribution in [-0.2, 0) is 6.42 Å². The van der Waals surface area contributed by atoms with E-state index >= 15 is 0 Å². The van der Waals surface area contributed by atoms with Gasteiger partial charge in [0.25, 0.3) is 0 Å². The molecule has 1 atom stereocenters. The summed E-state index contributed by atoms with van der Waals surface area (Å²) in [5, 5.41) is 0. The van der Waals surface area contributed by atoms with Crippen molar-refractivity contribution in [3.8, 4) is 0 Å². The second kappa shape index (κ2) is 3.40. The molecule has 1 nitrogen and oxygen atoms in total. The topological polar surface area (TPSA) is 12.9 Å². The average Bonchev–Trinajstić information content (AvgIpc) is 2.12. The van der Waals surface area contributed by atoms with Gasteiger partial charge in [-0.15, -0.1) is 0 Å². The fraction of sp³-hybridized carbons (Fsp3) is 0.583. The third-order valence-corrected chi connectivity index (χ3v) is 3.76. The molecule has 2 heteroatoms. The zero-order chi connectivity index (χ0) is 10.3. The Kier molecular flexibility index (Phi) is 2.49. The summed E-state index contributed by atoms with van der Waals surface area (Å²) in [6, 6.07) is 2.30. The van der Waals surface area contributed by atoms with E-state index in [-0.39, 0.29) is 0 Å². The number of aromatic nitrogens is 1. The average molecular weight is 181 g/mol. The molecule has 0 spiro atoms. The molecule has 0 saturated carbocycles. The molecule has 2 rings (SSSR count). The number of aryl methyl sites for hydroxylation is 2. The van der Waals surface area contributed by atoms with Gasteiger partial charge in [0.1, 0.15) is 0 Å². The zero-order valence-corrected chi connectivity index (χ0v) is 9.59. The Morgan fingerprint density at radius 2 is 2.21 bits per heavy atom. The first kappa shape index (κ1) is 10.3. The number of rotatable bonds is 0. The summed E-state index contributed by atoms with van der Waals surface area (Å²) in [4.78, 5) is 4.60. The normalized spacial score (nSPS) is 24.5. The van der Waals surface area contributed by atoms with Crippen molar-refractivity contribution in [3.05, 3.63) is 29.1 Å². The Morgan fingerprint density at radius 1 is 1.50 bits per heavy atom. The third-order valence-electron chi connectivity index (χ3n) is 3.76. The van der Waals surface area contributed by atoms with Crippen LogP contribution in [0.25, 0.3) is 0 Å². The summed E-state index contributed by atoms with van der Waals surface area (Å²) >= 11 is 2.31. The fourth-order valence-corrected chi connectivity index (χ4v) is 2.27. The van der Waals surface area contributed by atoms with Crippen molar-refractivity contribution in [2.24, 2.45) is 5.41 Å². The minimum absolute atomic E-state index is 0.412. The van der Waals surface area contributed by atoms with Crippen LogP contribution in [0, 0.1) is 12.3 Å². The predicted molar refractivity (Wildman–Crippen MR) is 59.6 cm³/mol.